The van der Waals surface area contributed by atoms with Gasteiger partial charge < -0.3 is 15.8 Å². The first kappa shape index (κ1) is 15.0. The number of aryl methyl sites for hydroxylation is 1. The molecular weight excluding hydrogens is 252 g/mol. The highest BCUT2D eigenvalue weighted by Crippen LogP contribution is 2.30. The van der Waals surface area contributed by atoms with Crippen molar-refractivity contribution in [2.75, 3.05) is 19.8 Å². The van der Waals surface area contributed by atoms with Crippen molar-refractivity contribution in [1.82, 2.24) is 5.32 Å². The number of amides is 1. The molecule has 1 heterocycles. The monoisotopic (exact) mass is 276 g/mol. The van der Waals surface area contributed by atoms with Gasteiger partial charge in [-0.25, -0.2) is 0 Å². The molecule has 1 aromatic carbocycles. The van der Waals surface area contributed by atoms with Crippen LogP contribution in [-0.2, 0) is 9.53 Å². The molecule has 4 nitrogen and oxygen atoms in total. The van der Waals surface area contributed by atoms with Crippen molar-refractivity contribution >= 4 is 5.91 Å². The predicted molar refractivity (Wildman–Crippen MR) is 79.3 cm³/mol. The maximum Gasteiger partial charge on any atom is 0.228 e. The Morgan fingerprint density at radius 1 is 1.45 bits per heavy atom. The Kier molecular flexibility index (Phi) is 4.78. The Hall–Kier alpha value is -1.39. The molecule has 4 heteroatoms. The third-order valence-electron chi connectivity index (χ3n) is 4.21. The van der Waals surface area contributed by atoms with Crippen molar-refractivity contribution in [3.8, 4) is 0 Å². The third kappa shape index (κ3) is 3.19. The van der Waals surface area contributed by atoms with E-state index in [9.17, 15) is 4.79 Å². The smallest absolute Gasteiger partial charge is 0.228 e. The molecule has 0 bridgehead atoms. The molecule has 0 radical (unpaired) electrons. The van der Waals surface area contributed by atoms with Crippen LogP contribution in [-0.4, -0.2) is 25.7 Å². The first-order valence-corrected chi connectivity index (χ1v) is 7.23. The highest BCUT2D eigenvalue weighted by atomic mass is 16.5. The Balaban J connectivity index is 2.06. The zero-order valence-electron chi connectivity index (χ0n) is 12.3. The van der Waals surface area contributed by atoms with Crippen LogP contribution in [0.25, 0.3) is 0 Å². The average molecular weight is 276 g/mol. The third-order valence-corrected chi connectivity index (χ3v) is 4.21. The van der Waals surface area contributed by atoms with E-state index in [1.54, 1.807) is 0 Å². The van der Waals surface area contributed by atoms with E-state index in [2.05, 4.69) is 24.4 Å². The largest absolute Gasteiger partial charge is 0.381 e. The van der Waals surface area contributed by atoms with Crippen LogP contribution >= 0.6 is 0 Å². The summed E-state index contributed by atoms with van der Waals surface area (Å²) in [5.41, 5.74) is 7.72. The van der Waals surface area contributed by atoms with E-state index in [-0.39, 0.29) is 11.9 Å². The van der Waals surface area contributed by atoms with E-state index in [4.69, 9.17) is 10.5 Å². The Labute approximate surface area is 120 Å². The number of benzene rings is 1. The molecule has 0 aromatic heterocycles. The molecule has 1 amide bonds. The number of carbonyl (C=O) groups is 1. The van der Waals surface area contributed by atoms with Crippen LogP contribution < -0.4 is 11.1 Å². The molecule has 0 aliphatic carbocycles. The summed E-state index contributed by atoms with van der Waals surface area (Å²) in [6.07, 6.45) is 1.41. The Morgan fingerprint density at radius 3 is 2.75 bits per heavy atom. The normalized spacial score (nSPS) is 19.4. The van der Waals surface area contributed by atoms with E-state index in [0.29, 0.717) is 32.6 Å². The molecule has 1 atom stereocenters. The van der Waals surface area contributed by atoms with Crippen LogP contribution in [0.15, 0.2) is 24.3 Å². The summed E-state index contributed by atoms with van der Waals surface area (Å²) >= 11 is 0. The maximum atomic E-state index is 12.6. The molecule has 0 unspecified atom stereocenters. The van der Waals surface area contributed by atoms with Gasteiger partial charge in [0.1, 0.15) is 0 Å². The molecule has 0 spiro atoms. The summed E-state index contributed by atoms with van der Waals surface area (Å²) in [5.74, 6) is 0.0531. The van der Waals surface area contributed by atoms with E-state index in [0.717, 1.165) is 5.56 Å². The second-order valence-corrected chi connectivity index (χ2v) is 5.71. The van der Waals surface area contributed by atoms with Gasteiger partial charge in [-0.1, -0.05) is 29.8 Å². The zero-order valence-corrected chi connectivity index (χ0v) is 12.3. The van der Waals surface area contributed by atoms with Gasteiger partial charge in [0.25, 0.3) is 0 Å². The van der Waals surface area contributed by atoms with Crippen molar-refractivity contribution in [2.45, 2.75) is 32.7 Å². The molecule has 3 N–H and O–H groups in total. The molecular formula is C16H24N2O2. The maximum absolute atomic E-state index is 12.6. The van der Waals surface area contributed by atoms with Crippen LogP contribution in [0.1, 0.15) is 36.9 Å². The molecule has 2 rings (SSSR count). The molecule has 110 valence electrons. The second kappa shape index (κ2) is 6.37. The lowest BCUT2D eigenvalue weighted by Crippen LogP contribution is -2.49. The average Bonchev–Trinajstić information content (AvgIpc) is 2.47. The van der Waals surface area contributed by atoms with E-state index in [1.165, 1.54) is 5.56 Å². The van der Waals surface area contributed by atoms with Crippen LogP contribution in [0.5, 0.6) is 0 Å². The Morgan fingerprint density at radius 2 is 2.15 bits per heavy atom. The van der Waals surface area contributed by atoms with Crippen molar-refractivity contribution < 1.29 is 9.53 Å². The summed E-state index contributed by atoms with van der Waals surface area (Å²) in [4.78, 5) is 12.6. The highest BCUT2D eigenvalue weighted by Gasteiger charge is 2.39. The standard InChI is InChI=1S/C16H24N2O2/c1-12-4-3-5-14(10-12)13(2)18-15(19)16(11-17)6-8-20-9-7-16/h3-5,10,13H,6-9,11,17H2,1-2H3,(H,18,19)/t13-/m0/s1. The van der Waals surface area contributed by atoms with Gasteiger partial charge in [-0.2, -0.15) is 0 Å². The SMILES string of the molecule is Cc1cccc([C@H](C)NC(=O)C2(CN)CCOCC2)c1. The summed E-state index contributed by atoms with van der Waals surface area (Å²) in [6.45, 7) is 5.67. The molecule has 1 saturated heterocycles. The quantitative estimate of drug-likeness (QED) is 0.883. The minimum Gasteiger partial charge on any atom is -0.381 e. The Bertz CT molecular complexity index is 467. The molecule has 1 aromatic rings. The fourth-order valence-corrected chi connectivity index (χ4v) is 2.66. The minimum atomic E-state index is -0.462. The van der Waals surface area contributed by atoms with Crippen molar-refractivity contribution in [2.24, 2.45) is 11.1 Å². The number of ether oxygens (including phenoxy) is 1. The molecule has 20 heavy (non-hydrogen) atoms. The predicted octanol–water partition coefficient (Wildman–Crippen LogP) is 1.93. The van der Waals surface area contributed by atoms with Crippen molar-refractivity contribution in [3.63, 3.8) is 0 Å². The lowest BCUT2D eigenvalue weighted by atomic mass is 9.79. The van der Waals surface area contributed by atoms with Crippen LogP contribution in [0.3, 0.4) is 0 Å². The van der Waals surface area contributed by atoms with E-state index >= 15 is 0 Å². The van der Waals surface area contributed by atoms with Crippen molar-refractivity contribution in [1.29, 1.82) is 0 Å². The number of hydrogen-bond acceptors (Lipinski definition) is 3. The van der Waals surface area contributed by atoms with Gasteiger partial charge in [-0.3, -0.25) is 4.79 Å². The molecule has 1 aliphatic heterocycles. The van der Waals surface area contributed by atoms with Gasteiger partial charge in [0.2, 0.25) is 5.91 Å². The fourth-order valence-electron chi connectivity index (χ4n) is 2.66. The van der Waals surface area contributed by atoms with Gasteiger partial charge in [-0.05, 0) is 32.3 Å². The zero-order chi connectivity index (χ0) is 14.6. The number of rotatable bonds is 4. The number of nitrogens with one attached hydrogen (secondary N) is 1. The second-order valence-electron chi connectivity index (χ2n) is 5.71. The van der Waals surface area contributed by atoms with Gasteiger partial charge in [0.05, 0.1) is 11.5 Å². The molecule has 0 saturated carbocycles. The molecule has 1 fully saturated rings. The number of nitrogens with two attached hydrogens (primary N) is 1. The summed E-state index contributed by atoms with van der Waals surface area (Å²) in [7, 11) is 0. The van der Waals surface area contributed by atoms with Crippen LogP contribution in [0.2, 0.25) is 0 Å². The topological polar surface area (TPSA) is 64.4 Å². The number of carbonyl (C=O) groups excluding carboxylic acids is 1. The van der Waals surface area contributed by atoms with E-state index < -0.39 is 5.41 Å². The van der Waals surface area contributed by atoms with Crippen LogP contribution in [0.4, 0.5) is 0 Å². The van der Waals surface area contributed by atoms with Gasteiger partial charge >= 0.3 is 0 Å². The highest BCUT2D eigenvalue weighted by molar-refractivity contribution is 5.83. The first-order valence-electron chi connectivity index (χ1n) is 7.23. The molecule has 1 aliphatic rings. The lowest BCUT2D eigenvalue weighted by Gasteiger charge is -2.35. The van der Waals surface area contributed by atoms with Crippen molar-refractivity contribution in [3.05, 3.63) is 35.4 Å². The summed E-state index contributed by atoms with van der Waals surface area (Å²) < 4.78 is 5.35. The first-order chi connectivity index (χ1) is 9.57. The van der Waals surface area contributed by atoms with Gasteiger partial charge in [-0.15, -0.1) is 0 Å². The van der Waals surface area contributed by atoms with E-state index in [1.807, 2.05) is 19.1 Å². The lowest BCUT2D eigenvalue weighted by molar-refractivity contribution is -0.136. The summed E-state index contributed by atoms with van der Waals surface area (Å²) in [6, 6.07) is 8.20. The van der Waals surface area contributed by atoms with Gasteiger partial charge in [0.15, 0.2) is 0 Å². The van der Waals surface area contributed by atoms with Gasteiger partial charge in [0, 0.05) is 19.8 Å². The van der Waals surface area contributed by atoms with Crippen LogP contribution in [0, 0.1) is 12.3 Å². The number of hydrogen-bond donors (Lipinski definition) is 2. The fraction of sp³-hybridized carbons (Fsp3) is 0.562. The summed E-state index contributed by atoms with van der Waals surface area (Å²) in [5, 5.41) is 3.11. The minimum absolute atomic E-state index is 0.00586.